The van der Waals surface area contributed by atoms with Gasteiger partial charge in [-0.1, -0.05) is 51.2 Å². The van der Waals surface area contributed by atoms with Gasteiger partial charge >= 0.3 is 5.97 Å². The average Bonchev–Trinajstić information content (AvgIpc) is 2.85. The topological polar surface area (TPSA) is 26.3 Å². The number of halogens is 2. The molecule has 3 aliphatic carbocycles. The summed E-state index contributed by atoms with van der Waals surface area (Å²) in [5, 5.41) is 0. The number of allylic oxidation sites excluding steroid dienone is 2. The van der Waals surface area contributed by atoms with Crippen LogP contribution in [0.5, 0.6) is 5.75 Å². The standard InChI is InChI=1S/C30H42F2O2/c1-3-5-6-9-27-28(31)18-24(19-29(27)32)34-30(33)26-10-7-8-23-17-22(15-16-25(23)26)21-13-11-20(4-2)12-14-21/h3,5,18-23,25-26H,4,6-17H2,1-2H3/b5-3+. The van der Waals surface area contributed by atoms with Crippen molar-refractivity contribution in [2.24, 2.45) is 35.5 Å². The summed E-state index contributed by atoms with van der Waals surface area (Å²) in [5.74, 6) is 1.86. The van der Waals surface area contributed by atoms with Crippen LogP contribution in [0.1, 0.15) is 96.5 Å². The molecule has 0 aliphatic heterocycles. The molecule has 3 saturated carbocycles. The monoisotopic (exact) mass is 472 g/mol. The van der Waals surface area contributed by atoms with Crippen LogP contribution in [-0.4, -0.2) is 5.97 Å². The van der Waals surface area contributed by atoms with E-state index >= 15 is 0 Å². The molecule has 1 aromatic carbocycles. The van der Waals surface area contributed by atoms with Gasteiger partial charge in [0.25, 0.3) is 0 Å². The Morgan fingerprint density at radius 3 is 2.35 bits per heavy atom. The third-order valence-corrected chi connectivity index (χ3v) is 9.26. The van der Waals surface area contributed by atoms with Crippen molar-refractivity contribution < 1.29 is 18.3 Å². The van der Waals surface area contributed by atoms with Crippen LogP contribution in [0.4, 0.5) is 8.78 Å². The molecule has 2 nitrogen and oxygen atoms in total. The highest BCUT2D eigenvalue weighted by atomic mass is 19.1. The molecular formula is C30H42F2O2. The summed E-state index contributed by atoms with van der Waals surface area (Å²) in [6.45, 7) is 4.20. The number of carbonyl (C=O) groups is 1. The van der Waals surface area contributed by atoms with E-state index in [4.69, 9.17) is 4.74 Å². The Hall–Kier alpha value is -1.71. The average molecular weight is 473 g/mol. The summed E-state index contributed by atoms with van der Waals surface area (Å²) in [6.07, 6.45) is 18.1. The van der Waals surface area contributed by atoms with E-state index < -0.39 is 11.6 Å². The summed E-state index contributed by atoms with van der Waals surface area (Å²) in [5.41, 5.74) is 0.0573. The minimum absolute atomic E-state index is 0.00160. The number of hydrogen-bond acceptors (Lipinski definition) is 2. The molecule has 0 radical (unpaired) electrons. The van der Waals surface area contributed by atoms with Crippen LogP contribution >= 0.6 is 0 Å². The number of fused-ring (bicyclic) bond motifs is 1. The summed E-state index contributed by atoms with van der Waals surface area (Å²) >= 11 is 0. The van der Waals surface area contributed by atoms with Gasteiger partial charge in [-0.25, -0.2) is 8.78 Å². The SMILES string of the molecule is C/C=C/CCc1c(F)cc(OC(=O)C2CCCC3CC(C4CCC(CC)CC4)CCC32)cc1F. The third-order valence-electron chi connectivity index (χ3n) is 9.26. The highest BCUT2D eigenvalue weighted by Gasteiger charge is 2.43. The molecule has 0 N–H and O–H groups in total. The highest BCUT2D eigenvalue weighted by Crippen LogP contribution is 2.50. The molecule has 34 heavy (non-hydrogen) atoms. The van der Waals surface area contributed by atoms with E-state index in [1.54, 1.807) is 0 Å². The smallest absolute Gasteiger partial charge is 0.314 e. The fourth-order valence-electron chi connectivity index (χ4n) is 7.25. The maximum atomic E-state index is 14.5. The second-order valence-electron chi connectivity index (χ2n) is 11.1. The molecule has 4 heteroatoms. The molecule has 188 valence electrons. The molecule has 3 aliphatic rings. The van der Waals surface area contributed by atoms with E-state index in [9.17, 15) is 13.6 Å². The lowest BCUT2D eigenvalue weighted by Crippen LogP contribution is -2.40. The lowest BCUT2D eigenvalue weighted by molar-refractivity contribution is -0.144. The van der Waals surface area contributed by atoms with E-state index in [1.807, 2.05) is 19.1 Å². The maximum Gasteiger partial charge on any atom is 0.314 e. The fourth-order valence-corrected chi connectivity index (χ4v) is 7.25. The Kier molecular flexibility index (Phi) is 8.82. The van der Waals surface area contributed by atoms with Gasteiger partial charge in [0.05, 0.1) is 5.92 Å². The van der Waals surface area contributed by atoms with Crippen molar-refractivity contribution in [2.45, 2.75) is 97.3 Å². The van der Waals surface area contributed by atoms with Gasteiger partial charge in [-0.05, 0) is 87.9 Å². The van der Waals surface area contributed by atoms with Gasteiger partial charge in [-0.15, -0.1) is 0 Å². The van der Waals surface area contributed by atoms with E-state index in [1.165, 1.54) is 63.5 Å². The zero-order valence-electron chi connectivity index (χ0n) is 21.0. The number of rotatable bonds is 7. The second kappa shape index (κ2) is 11.8. The third kappa shape index (κ3) is 5.91. The van der Waals surface area contributed by atoms with E-state index in [0.717, 1.165) is 37.0 Å². The van der Waals surface area contributed by atoms with Gasteiger partial charge in [0, 0.05) is 17.7 Å². The van der Waals surface area contributed by atoms with Crippen LogP contribution in [0.3, 0.4) is 0 Å². The van der Waals surface area contributed by atoms with E-state index in [-0.39, 0.29) is 23.2 Å². The van der Waals surface area contributed by atoms with E-state index in [2.05, 4.69) is 6.92 Å². The lowest BCUT2D eigenvalue weighted by atomic mass is 9.59. The predicted octanol–water partition coefficient (Wildman–Crippen LogP) is 8.43. The number of esters is 1. The summed E-state index contributed by atoms with van der Waals surface area (Å²) < 4.78 is 34.6. The number of hydrogen-bond donors (Lipinski definition) is 0. The lowest BCUT2D eigenvalue weighted by Gasteiger charge is -2.46. The Labute approximate surface area is 204 Å². The molecule has 4 atom stereocenters. The van der Waals surface area contributed by atoms with Crippen LogP contribution in [-0.2, 0) is 11.2 Å². The number of benzene rings is 1. The molecule has 4 rings (SSSR count). The minimum Gasteiger partial charge on any atom is -0.426 e. The molecule has 0 bridgehead atoms. The first kappa shape index (κ1) is 25.4. The molecule has 0 spiro atoms. The van der Waals surface area contributed by atoms with Crippen LogP contribution in [0, 0.1) is 47.1 Å². The van der Waals surface area contributed by atoms with Crippen molar-refractivity contribution >= 4 is 5.97 Å². The summed E-state index contributed by atoms with van der Waals surface area (Å²) in [7, 11) is 0. The zero-order chi connectivity index (χ0) is 24.1. The first-order valence-corrected chi connectivity index (χ1v) is 13.8. The normalized spacial score (nSPS) is 31.9. The maximum absolute atomic E-state index is 14.5. The van der Waals surface area contributed by atoms with Gasteiger partial charge in [-0.2, -0.15) is 0 Å². The molecule has 4 unspecified atom stereocenters. The zero-order valence-corrected chi connectivity index (χ0v) is 21.0. The molecule has 0 amide bonds. The molecule has 0 aromatic heterocycles. The molecule has 0 saturated heterocycles. The van der Waals surface area contributed by atoms with Gasteiger partial charge in [-0.3, -0.25) is 4.79 Å². The fraction of sp³-hybridized carbons (Fsp3) is 0.700. The van der Waals surface area contributed by atoms with Crippen LogP contribution < -0.4 is 4.74 Å². The van der Waals surface area contributed by atoms with Crippen molar-refractivity contribution in [2.75, 3.05) is 0 Å². The molecule has 1 aromatic rings. The van der Waals surface area contributed by atoms with Gasteiger partial charge in [0.1, 0.15) is 17.4 Å². The van der Waals surface area contributed by atoms with Gasteiger partial charge < -0.3 is 4.74 Å². The van der Waals surface area contributed by atoms with Crippen molar-refractivity contribution in [3.8, 4) is 5.75 Å². The summed E-state index contributed by atoms with van der Waals surface area (Å²) in [4.78, 5) is 13.1. The van der Waals surface area contributed by atoms with E-state index in [0.29, 0.717) is 24.7 Å². The minimum atomic E-state index is -0.632. The molecule has 0 heterocycles. The van der Waals surface area contributed by atoms with Crippen molar-refractivity contribution in [1.29, 1.82) is 0 Å². The molecule has 3 fully saturated rings. The first-order chi connectivity index (χ1) is 16.5. The van der Waals surface area contributed by atoms with Crippen molar-refractivity contribution in [3.05, 3.63) is 41.5 Å². The van der Waals surface area contributed by atoms with Crippen LogP contribution in [0.25, 0.3) is 0 Å². The first-order valence-electron chi connectivity index (χ1n) is 13.8. The quantitative estimate of drug-likeness (QED) is 0.226. The number of carbonyl (C=O) groups excluding carboxylic acids is 1. The Balaban J connectivity index is 1.35. The Morgan fingerprint density at radius 1 is 0.971 bits per heavy atom. The van der Waals surface area contributed by atoms with Crippen LogP contribution in [0.2, 0.25) is 0 Å². The predicted molar refractivity (Wildman–Crippen MR) is 133 cm³/mol. The highest BCUT2D eigenvalue weighted by molar-refractivity contribution is 5.75. The molecular weight excluding hydrogens is 430 g/mol. The summed E-state index contributed by atoms with van der Waals surface area (Å²) in [6, 6.07) is 2.35. The van der Waals surface area contributed by atoms with Crippen LogP contribution in [0.15, 0.2) is 24.3 Å². The van der Waals surface area contributed by atoms with Gasteiger partial charge in [0.15, 0.2) is 0 Å². The van der Waals surface area contributed by atoms with Crippen molar-refractivity contribution in [3.63, 3.8) is 0 Å². The Bertz CT molecular complexity index is 832. The second-order valence-corrected chi connectivity index (χ2v) is 11.1. The largest absolute Gasteiger partial charge is 0.426 e. The number of ether oxygens (including phenoxy) is 1. The van der Waals surface area contributed by atoms with Crippen molar-refractivity contribution in [1.82, 2.24) is 0 Å². The Morgan fingerprint density at radius 2 is 1.68 bits per heavy atom. The van der Waals surface area contributed by atoms with Gasteiger partial charge in [0.2, 0.25) is 0 Å².